The molecule has 1 N–H and O–H groups in total. The van der Waals surface area contributed by atoms with Gasteiger partial charge in [-0.25, -0.2) is 0 Å². The summed E-state index contributed by atoms with van der Waals surface area (Å²) in [6, 6.07) is 15.5. The summed E-state index contributed by atoms with van der Waals surface area (Å²) in [6.07, 6.45) is 1.74. The van der Waals surface area contributed by atoms with Crippen LogP contribution in [-0.2, 0) is 6.54 Å². The number of aromatic nitrogens is 1. The number of hydrogen-bond donors (Lipinski definition) is 1. The van der Waals surface area contributed by atoms with E-state index in [0.29, 0.717) is 11.6 Å². The van der Waals surface area contributed by atoms with Crippen LogP contribution in [0.5, 0.6) is 0 Å². The summed E-state index contributed by atoms with van der Waals surface area (Å²) in [6.45, 7) is 0.658. The molecule has 0 bridgehead atoms. The van der Waals surface area contributed by atoms with E-state index >= 15 is 0 Å². The number of benzene rings is 2. The molecule has 2 aromatic carbocycles. The van der Waals surface area contributed by atoms with Crippen molar-refractivity contribution in [2.45, 2.75) is 6.54 Å². The van der Waals surface area contributed by atoms with Gasteiger partial charge in [0.05, 0.1) is 10.5 Å². The van der Waals surface area contributed by atoms with Crippen molar-refractivity contribution in [1.82, 2.24) is 4.98 Å². The minimum absolute atomic E-state index is 0.656. The Hall–Kier alpha value is -1.77. The quantitative estimate of drug-likeness (QED) is 0.723. The Bertz CT molecular complexity index is 756. The van der Waals surface area contributed by atoms with Crippen LogP contribution in [0.4, 0.5) is 5.69 Å². The molecule has 1 heterocycles. The largest absolute Gasteiger partial charge is 0.380 e. The predicted molar refractivity (Wildman–Crippen MR) is 85.5 cm³/mol. The molecule has 0 spiro atoms. The molecule has 3 rings (SSSR count). The van der Waals surface area contributed by atoms with Crippen molar-refractivity contribution in [3.63, 3.8) is 0 Å². The minimum atomic E-state index is 0.656. The van der Waals surface area contributed by atoms with Crippen LogP contribution in [0.25, 0.3) is 10.9 Å². The third kappa shape index (κ3) is 2.58. The lowest BCUT2D eigenvalue weighted by Gasteiger charge is -2.11. The molecule has 1 aromatic heterocycles. The molecule has 0 atom stereocenters. The van der Waals surface area contributed by atoms with Crippen LogP contribution in [0.1, 0.15) is 5.56 Å². The zero-order valence-corrected chi connectivity index (χ0v) is 12.1. The van der Waals surface area contributed by atoms with Crippen LogP contribution in [0, 0.1) is 0 Å². The highest BCUT2D eigenvalue weighted by molar-refractivity contribution is 6.35. The summed E-state index contributed by atoms with van der Waals surface area (Å²) in [5.41, 5.74) is 2.86. The SMILES string of the molecule is Clc1ccccc1CNc1ccc(Cl)c2ncccc12. The van der Waals surface area contributed by atoms with Gasteiger partial charge < -0.3 is 5.32 Å². The average molecular weight is 303 g/mol. The predicted octanol–water partition coefficient (Wildman–Crippen LogP) is 5.15. The summed E-state index contributed by atoms with van der Waals surface area (Å²) in [5.74, 6) is 0. The summed E-state index contributed by atoms with van der Waals surface area (Å²) in [4.78, 5) is 4.32. The number of nitrogens with zero attached hydrogens (tertiary/aromatic N) is 1. The molecule has 0 saturated carbocycles. The van der Waals surface area contributed by atoms with E-state index in [-0.39, 0.29) is 0 Å². The third-order valence-corrected chi connectivity index (χ3v) is 3.82. The van der Waals surface area contributed by atoms with E-state index in [1.807, 2.05) is 48.5 Å². The average Bonchev–Trinajstić information content (AvgIpc) is 2.48. The second-order valence-corrected chi connectivity index (χ2v) is 5.25. The molecular formula is C16H12Cl2N2. The molecule has 20 heavy (non-hydrogen) atoms. The number of halogens is 2. The Kier molecular flexibility index (Phi) is 3.77. The van der Waals surface area contributed by atoms with Gasteiger partial charge >= 0.3 is 0 Å². The fraction of sp³-hybridized carbons (Fsp3) is 0.0625. The first-order valence-electron chi connectivity index (χ1n) is 6.26. The number of pyridine rings is 1. The van der Waals surface area contributed by atoms with Gasteiger partial charge in [0.15, 0.2) is 0 Å². The topological polar surface area (TPSA) is 24.9 Å². The van der Waals surface area contributed by atoms with Gasteiger partial charge in [-0.05, 0) is 35.9 Å². The normalized spacial score (nSPS) is 10.7. The minimum Gasteiger partial charge on any atom is -0.380 e. The fourth-order valence-corrected chi connectivity index (χ4v) is 2.54. The smallest absolute Gasteiger partial charge is 0.0908 e. The van der Waals surface area contributed by atoms with Crippen molar-refractivity contribution in [2.75, 3.05) is 5.32 Å². The molecule has 0 radical (unpaired) electrons. The van der Waals surface area contributed by atoms with Gasteiger partial charge in [0.25, 0.3) is 0 Å². The number of rotatable bonds is 3. The van der Waals surface area contributed by atoms with Gasteiger partial charge in [0.1, 0.15) is 0 Å². The van der Waals surface area contributed by atoms with Crippen molar-refractivity contribution >= 4 is 39.8 Å². The van der Waals surface area contributed by atoms with Gasteiger partial charge in [0.2, 0.25) is 0 Å². The second kappa shape index (κ2) is 5.70. The van der Waals surface area contributed by atoms with Crippen molar-refractivity contribution < 1.29 is 0 Å². The first-order valence-corrected chi connectivity index (χ1v) is 7.02. The first kappa shape index (κ1) is 13.2. The monoisotopic (exact) mass is 302 g/mol. The standard InChI is InChI=1S/C16H12Cl2N2/c17-13-6-2-1-4-11(13)10-20-15-8-7-14(18)16-12(15)5-3-9-19-16/h1-9,20H,10H2. The Morgan fingerprint density at radius 2 is 1.75 bits per heavy atom. The second-order valence-electron chi connectivity index (χ2n) is 4.44. The summed E-state index contributed by atoms with van der Waals surface area (Å²) >= 11 is 12.3. The van der Waals surface area contributed by atoms with E-state index in [0.717, 1.165) is 27.2 Å². The van der Waals surface area contributed by atoms with Gasteiger partial charge in [-0.2, -0.15) is 0 Å². The zero-order chi connectivity index (χ0) is 13.9. The maximum absolute atomic E-state index is 6.16. The van der Waals surface area contributed by atoms with E-state index in [4.69, 9.17) is 23.2 Å². The number of fused-ring (bicyclic) bond motifs is 1. The number of nitrogens with one attached hydrogen (secondary N) is 1. The summed E-state index contributed by atoms with van der Waals surface area (Å²) in [5, 5.41) is 5.81. The molecule has 0 aliphatic heterocycles. The lowest BCUT2D eigenvalue weighted by molar-refractivity contribution is 1.15. The van der Waals surface area contributed by atoms with Crippen molar-refractivity contribution in [1.29, 1.82) is 0 Å². The summed E-state index contributed by atoms with van der Waals surface area (Å²) in [7, 11) is 0. The molecule has 0 aliphatic rings. The van der Waals surface area contributed by atoms with E-state index in [1.165, 1.54) is 0 Å². The van der Waals surface area contributed by atoms with Crippen LogP contribution in [0.15, 0.2) is 54.7 Å². The number of anilines is 1. The van der Waals surface area contributed by atoms with Crippen LogP contribution < -0.4 is 5.32 Å². The van der Waals surface area contributed by atoms with Gasteiger partial charge in [0, 0.05) is 28.8 Å². The van der Waals surface area contributed by atoms with Crippen LogP contribution >= 0.6 is 23.2 Å². The molecule has 0 aliphatic carbocycles. The van der Waals surface area contributed by atoms with Gasteiger partial charge in [-0.1, -0.05) is 41.4 Å². The highest BCUT2D eigenvalue weighted by Crippen LogP contribution is 2.28. The molecule has 0 amide bonds. The maximum atomic E-state index is 6.16. The van der Waals surface area contributed by atoms with Crippen molar-refractivity contribution in [3.05, 3.63) is 70.3 Å². The Labute approximate surface area is 127 Å². The fourth-order valence-electron chi connectivity index (χ4n) is 2.12. The highest BCUT2D eigenvalue weighted by atomic mass is 35.5. The Morgan fingerprint density at radius 3 is 2.60 bits per heavy atom. The molecule has 0 unspecified atom stereocenters. The Balaban J connectivity index is 1.92. The van der Waals surface area contributed by atoms with Gasteiger partial charge in [-0.3, -0.25) is 4.98 Å². The number of hydrogen-bond acceptors (Lipinski definition) is 2. The lowest BCUT2D eigenvalue weighted by atomic mass is 10.1. The van der Waals surface area contributed by atoms with Crippen molar-refractivity contribution in [2.24, 2.45) is 0 Å². The molecule has 4 heteroatoms. The van der Waals surface area contributed by atoms with Crippen LogP contribution in [0.2, 0.25) is 10.0 Å². The first-order chi connectivity index (χ1) is 9.75. The van der Waals surface area contributed by atoms with Crippen LogP contribution in [-0.4, -0.2) is 4.98 Å². The maximum Gasteiger partial charge on any atom is 0.0908 e. The zero-order valence-electron chi connectivity index (χ0n) is 10.6. The molecule has 0 saturated heterocycles. The lowest BCUT2D eigenvalue weighted by Crippen LogP contribution is -2.00. The summed E-state index contributed by atoms with van der Waals surface area (Å²) < 4.78 is 0. The van der Waals surface area contributed by atoms with E-state index in [2.05, 4.69) is 10.3 Å². The highest BCUT2D eigenvalue weighted by Gasteiger charge is 2.06. The van der Waals surface area contributed by atoms with E-state index in [1.54, 1.807) is 6.20 Å². The molecule has 0 fully saturated rings. The molecular weight excluding hydrogens is 291 g/mol. The molecule has 100 valence electrons. The molecule has 3 aromatic rings. The van der Waals surface area contributed by atoms with E-state index < -0.39 is 0 Å². The Morgan fingerprint density at radius 1 is 0.900 bits per heavy atom. The molecule has 2 nitrogen and oxygen atoms in total. The third-order valence-electron chi connectivity index (χ3n) is 3.15. The van der Waals surface area contributed by atoms with E-state index in [9.17, 15) is 0 Å². The van der Waals surface area contributed by atoms with Crippen LogP contribution in [0.3, 0.4) is 0 Å². The van der Waals surface area contributed by atoms with Crippen molar-refractivity contribution in [3.8, 4) is 0 Å². The van der Waals surface area contributed by atoms with Gasteiger partial charge in [-0.15, -0.1) is 0 Å².